The van der Waals surface area contributed by atoms with Crippen molar-refractivity contribution in [3.8, 4) is 0 Å². The normalized spacial score (nSPS) is 24.6. The van der Waals surface area contributed by atoms with Crippen molar-refractivity contribution in [1.29, 1.82) is 0 Å². The van der Waals surface area contributed by atoms with E-state index in [4.69, 9.17) is 10.7 Å². The summed E-state index contributed by atoms with van der Waals surface area (Å²) in [5.74, 6) is 1.82. The number of rotatable bonds is 1. The van der Waals surface area contributed by atoms with Gasteiger partial charge in [-0.25, -0.2) is 4.98 Å². The molecule has 96 valence electrons. The minimum Gasteiger partial charge on any atom is -0.331 e. The Labute approximate surface area is 108 Å². The Kier molecular flexibility index (Phi) is 2.86. The molecule has 0 aliphatic heterocycles. The fourth-order valence-electron chi connectivity index (χ4n) is 3.07. The summed E-state index contributed by atoms with van der Waals surface area (Å²) in [4.78, 5) is 4.84. The molecule has 18 heavy (non-hydrogen) atoms. The minimum atomic E-state index is 0.401. The van der Waals surface area contributed by atoms with E-state index in [-0.39, 0.29) is 0 Å². The van der Waals surface area contributed by atoms with E-state index in [2.05, 4.69) is 36.7 Å². The van der Waals surface area contributed by atoms with Gasteiger partial charge in [0.1, 0.15) is 5.82 Å². The number of nitrogens with two attached hydrogens (primary N) is 1. The monoisotopic (exact) mass is 243 g/mol. The second-order valence-electron chi connectivity index (χ2n) is 5.63. The first kappa shape index (κ1) is 11.7. The Morgan fingerprint density at radius 2 is 1.94 bits per heavy atom. The molecule has 0 spiro atoms. The van der Waals surface area contributed by atoms with Gasteiger partial charge in [-0.1, -0.05) is 6.07 Å². The summed E-state index contributed by atoms with van der Waals surface area (Å²) in [7, 11) is 2.13. The summed E-state index contributed by atoms with van der Waals surface area (Å²) < 4.78 is 2.26. The van der Waals surface area contributed by atoms with E-state index in [1.165, 1.54) is 29.7 Å². The van der Waals surface area contributed by atoms with Crippen LogP contribution in [0.25, 0.3) is 11.0 Å². The Hall–Kier alpha value is -1.35. The number of aryl methyl sites for hydroxylation is 2. The van der Waals surface area contributed by atoms with E-state index in [0.29, 0.717) is 12.0 Å². The molecule has 1 heterocycles. The Balaban J connectivity index is 1.99. The highest BCUT2D eigenvalue weighted by atomic mass is 15.1. The molecule has 1 fully saturated rings. The standard InChI is InChI=1S/C15H21N3/c1-10-3-8-14-13(9-10)17-15(18(14)2)11-4-6-12(16)7-5-11/h3,8-9,11-12H,4-7,16H2,1-2H3. The van der Waals surface area contributed by atoms with Crippen molar-refractivity contribution in [3.63, 3.8) is 0 Å². The van der Waals surface area contributed by atoms with Crippen LogP contribution in [0.4, 0.5) is 0 Å². The van der Waals surface area contributed by atoms with E-state index in [1.54, 1.807) is 0 Å². The highest BCUT2D eigenvalue weighted by Gasteiger charge is 2.24. The summed E-state index contributed by atoms with van der Waals surface area (Å²) in [5.41, 5.74) is 9.62. The Morgan fingerprint density at radius 3 is 2.67 bits per heavy atom. The molecule has 0 bridgehead atoms. The first-order chi connectivity index (χ1) is 8.65. The van der Waals surface area contributed by atoms with Crippen LogP contribution in [0.5, 0.6) is 0 Å². The van der Waals surface area contributed by atoms with Gasteiger partial charge in [-0.2, -0.15) is 0 Å². The van der Waals surface area contributed by atoms with Gasteiger partial charge in [0.05, 0.1) is 11.0 Å². The first-order valence-electron chi connectivity index (χ1n) is 6.83. The Morgan fingerprint density at radius 1 is 1.22 bits per heavy atom. The zero-order valence-corrected chi connectivity index (χ0v) is 11.2. The molecule has 2 N–H and O–H groups in total. The smallest absolute Gasteiger partial charge is 0.112 e. The number of nitrogens with zero attached hydrogens (tertiary/aromatic N) is 2. The van der Waals surface area contributed by atoms with Gasteiger partial charge in [-0.3, -0.25) is 0 Å². The summed E-state index contributed by atoms with van der Waals surface area (Å²) in [6.45, 7) is 2.12. The molecule has 0 radical (unpaired) electrons. The van der Waals surface area contributed by atoms with Gasteiger partial charge in [0, 0.05) is 19.0 Å². The zero-order chi connectivity index (χ0) is 12.7. The number of benzene rings is 1. The first-order valence-corrected chi connectivity index (χ1v) is 6.83. The van der Waals surface area contributed by atoms with Crippen LogP contribution in [0.1, 0.15) is 43.0 Å². The molecule has 1 aromatic carbocycles. The fourth-order valence-corrected chi connectivity index (χ4v) is 3.07. The van der Waals surface area contributed by atoms with Crippen molar-refractivity contribution in [2.45, 2.75) is 44.6 Å². The number of fused-ring (bicyclic) bond motifs is 1. The van der Waals surface area contributed by atoms with Gasteiger partial charge < -0.3 is 10.3 Å². The predicted octanol–water partition coefficient (Wildman–Crippen LogP) is 2.87. The average Bonchev–Trinajstić information content (AvgIpc) is 2.67. The number of aromatic nitrogens is 2. The third-order valence-electron chi connectivity index (χ3n) is 4.21. The van der Waals surface area contributed by atoms with Gasteiger partial charge in [0.2, 0.25) is 0 Å². The van der Waals surface area contributed by atoms with Crippen LogP contribution in [-0.4, -0.2) is 15.6 Å². The van der Waals surface area contributed by atoms with Crippen LogP contribution >= 0.6 is 0 Å². The molecule has 0 unspecified atom stereocenters. The lowest BCUT2D eigenvalue weighted by Gasteiger charge is -2.25. The van der Waals surface area contributed by atoms with Gasteiger partial charge in [-0.15, -0.1) is 0 Å². The molecule has 2 aromatic rings. The number of imidazole rings is 1. The van der Waals surface area contributed by atoms with Crippen LogP contribution in [0.15, 0.2) is 18.2 Å². The third kappa shape index (κ3) is 1.93. The SMILES string of the molecule is Cc1ccc2c(c1)nc(C1CCC(N)CC1)n2C. The zero-order valence-electron chi connectivity index (χ0n) is 11.2. The highest BCUT2D eigenvalue weighted by molar-refractivity contribution is 5.76. The maximum absolute atomic E-state index is 5.98. The van der Waals surface area contributed by atoms with Crippen LogP contribution in [0, 0.1) is 6.92 Å². The molecule has 0 amide bonds. The van der Waals surface area contributed by atoms with Crippen LogP contribution in [-0.2, 0) is 7.05 Å². The molecule has 0 atom stereocenters. The van der Waals surface area contributed by atoms with Crippen molar-refractivity contribution in [1.82, 2.24) is 9.55 Å². The van der Waals surface area contributed by atoms with Crippen LogP contribution in [0.3, 0.4) is 0 Å². The van der Waals surface area contributed by atoms with E-state index in [1.807, 2.05) is 0 Å². The average molecular weight is 243 g/mol. The highest BCUT2D eigenvalue weighted by Crippen LogP contribution is 2.33. The lowest BCUT2D eigenvalue weighted by molar-refractivity contribution is 0.380. The number of hydrogen-bond donors (Lipinski definition) is 1. The molecular formula is C15H21N3. The van der Waals surface area contributed by atoms with Crippen molar-refractivity contribution >= 4 is 11.0 Å². The molecular weight excluding hydrogens is 222 g/mol. The molecule has 3 heteroatoms. The van der Waals surface area contributed by atoms with E-state index in [0.717, 1.165) is 18.4 Å². The van der Waals surface area contributed by atoms with Gasteiger partial charge in [0.15, 0.2) is 0 Å². The van der Waals surface area contributed by atoms with Crippen molar-refractivity contribution in [2.24, 2.45) is 12.8 Å². The summed E-state index contributed by atoms with van der Waals surface area (Å²) in [5, 5.41) is 0. The number of hydrogen-bond acceptors (Lipinski definition) is 2. The fraction of sp³-hybridized carbons (Fsp3) is 0.533. The third-order valence-corrected chi connectivity index (χ3v) is 4.21. The van der Waals surface area contributed by atoms with E-state index in [9.17, 15) is 0 Å². The predicted molar refractivity (Wildman–Crippen MR) is 74.6 cm³/mol. The molecule has 1 aromatic heterocycles. The lowest BCUT2D eigenvalue weighted by atomic mass is 9.86. The minimum absolute atomic E-state index is 0.401. The second kappa shape index (κ2) is 4.39. The van der Waals surface area contributed by atoms with Gasteiger partial charge in [-0.05, 0) is 50.3 Å². The maximum atomic E-state index is 5.98. The summed E-state index contributed by atoms with van der Waals surface area (Å²) >= 11 is 0. The van der Waals surface area contributed by atoms with Gasteiger partial charge >= 0.3 is 0 Å². The van der Waals surface area contributed by atoms with E-state index < -0.39 is 0 Å². The summed E-state index contributed by atoms with van der Waals surface area (Å²) in [6, 6.07) is 6.91. The van der Waals surface area contributed by atoms with E-state index >= 15 is 0 Å². The lowest BCUT2D eigenvalue weighted by Crippen LogP contribution is -2.26. The topological polar surface area (TPSA) is 43.8 Å². The van der Waals surface area contributed by atoms with Crippen molar-refractivity contribution in [3.05, 3.63) is 29.6 Å². The second-order valence-corrected chi connectivity index (χ2v) is 5.63. The largest absolute Gasteiger partial charge is 0.331 e. The van der Waals surface area contributed by atoms with Gasteiger partial charge in [0.25, 0.3) is 0 Å². The Bertz CT molecular complexity index is 562. The molecule has 3 nitrogen and oxygen atoms in total. The molecule has 1 aliphatic carbocycles. The quantitative estimate of drug-likeness (QED) is 0.837. The summed E-state index contributed by atoms with van der Waals surface area (Å²) in [6.07, 6.45) is 4.62. The molecule has 1 saturated carbocycles. The van der Waals surface area contributed by atoms with Crippen LogP contribution in [0.2, 0.25) is 0 Å². The molecule has 1 aliphatic rings. The van der Waals surface area contributed by atoms with Crippen molar-refractivity contribution < 1.29 is 0 Å². The van der Waals surface area contributed by atoms with Crippen molar-refractivity contribution in [2.75, 3.05) is 0 Å². The van der Waals surface area contributed by atoms with Crippen LogP contribution < -0.4 is 5.73 Å². The maximum Gasteiger partial charge on any atom is 0.112 e. The molecule has 3 rings (SSSR count). The molecule has 0 saturated heterocycles.